The molecule has 0 aromatic heterocycles. The Morgan fingerprint density at radius 1 is 1.37 bits per heavy atom. The summed E-state index contributed by atoms with van der Waals surface area (Å²) in [6, 6.07) is 6.95. The Bertz CT molecular complexity index is 447. The number of alkyl halides is 2. The van der Waals surface area contributed by atoms with Crippen LogP contribution in [0.3, 0.4) is 0 Å². The Balaban J connectivity index is 2.22. The third kappa shape index (κ3) is 2.85. The van der Waals surface area contributed by atoms with Crippen LogP contribution in [0.15, 0.2) is 24.3 Å². The van der Waals surface area contributed by atoms with E-state index in [4.69, 9.17) is 4.74 Å². The second-order valence-electron chi connectivity index (χ2n) is 4.92. The predicted octanol–water partition coefficient (Wildman–Crippen LogP) is 2.87. The smallest absolute Gasteiger partial charge is 0.315 e. The first-order valence-electron chi connectivity index (χ1n) is 6.25. The van der Waals surface area contributed by atoms with Gasteiger partial charge in [-0.15, -0.1) is 0 Å². The standard InChI is InChI=1S/C14H17F2NO2/c1-9-7-12(17(8-9)14(18)13(15)16)10-3-5-11(19-2)6-4-10/h3-6,9,12-13H,7-8H2,1-2H3/t9-,12+/m0/s1. The van der Waals surface area contributed by atoms with Gasteiger partial charge in [-0.05, 0) is 30.0 Å². The first-order valence-corrected chi connectivity index (χ1v) is 6.25. The zero-order valence-electron chi connectivity index (χ0n) is 11.0. The number of nitrogens with zero attached hydrogens (tertiary/aromatic N) is 1. The van der Waals surface area contributed by atoms with E-state index in [0.29, 0.717) is 18.7 Å². The molecule has 0 aliphatic carbocycles. The number of halogens is 2. The first-order chi connectivity index (χ1) is 9.02. The van der Waals surface area contributed by atoms with Crippen LogP contribution in [0.4, 0.5) is 8.78 Å². The van der Waals surface area contributed by atoms with Gasteiger partial charge in [0.15, 0.2) is 0 Å². The summed E-state index contributed by atoms with van der Waals surface area (Å²) in [6.07, 6.45) is -2.23. The van der Waals surface area contributed by atoms with E-state index in [2.05, 4.69) is 0 Å². The maximum Gasteiger partial charge on any atom is 0.315 e. The Morgan fingerprint density at radius 3 is 2.53 bits per heavy atom. The Hall–Kier alpha value is -1.65. The van der Waals surface area contributed by atoms with Crippen LogP contribution in [-0.4, -0.2) is 30.9 Å². The van der Waals surface area contributed by atoms with Crippen molar-refractivity contribution in [2.75, 3.05) is 13.7 Å². The minimum absolute atomic E-state index is 0.231. The van der Waals surface area contributed by atoms with E-state index in [1.165, 1.54) is 4.90 Å². The summed E-state index contributed by atoms with van der Waals surface area (Å²) in [4.78, 5) is 12.8. The van der Waals surface area contributed by atoms with Crippen LogP contribution < -0.4 is 4.74 Å². The lowest BCUT2D eigenvalue weighted by Crippen LogP contribution is -2.35. The summed E-state index contributed by atoms with van der Waals surface area (Å²) in [6.45, 7) is 2.36. The number of amides is 1. The van der Waals surface area contributed by atoms with E-state index in [1.54, 1.807) is 19.2 Å². The van der Waals surface area contributed by atoms with Crippen molar-refractivity contribution in [3.05, 3.63) is 29.8 Å². The number of ether oxygens (including phenoxy) is 1. The molecule has 1 aromatic rings. The van der Waals surface area contributed by atoms with Crippen LogP contribution in [0, 0.1) is 5.92 Å². The average Bonchev–Trinajstić information content (AvgIpc) is 2.79. The Kier molecular flexibility index (Phi) is 4.02. The van der Waals surface area contributed by atoms with Gasteiger partial charge in [0.2, 0.25) is 0 Å². The summed E-state index contributed by atoms with van der Waals surface area (Å²) in [5.41, 5.74) is 0.874. The minimum Gasteiger partial charge on any atom is -0.497 e. The van der Waals surface area contributed by atoms with Gasteiger partial charge in [0.1, 0.15) is 5.75 Å². The summed E-state index contributed by atoms with van der Waals surface area (Å²) in [5.74, 6) is -0.137. The molecular formula is C14H17F2NO2. The molecule has 1 saturated heterocycles. The lowest BCUT2D eigenvalue weighted by atomic mass is 10.0. The third-order valence-corrected chi connectivity index (χ3v) is 3.48. The average molecular weight is 269 g/mol. The van der Waals surface area contributed by atoms with Gasteiger partial charge in [-0.3, -0.25) is 4.79 Å². The van der Waals surface area contributed by atoms with Crippen molar-refractivity contribution >= 4 is 5.91 Å². The molecule has 1 heterocycles. The largest absolute Gasteiger partial charge is 0.497 e. The van der Waals surface area contributed by atoms with Crippen LogP contribution in [0.1, 0.15) is 24.9 Å². The van der Waals surface area contributed by atoms with Crippen molar-refractivity contribution in [3.8, 4) is 5.75 Å². The number of hydrogen-bond acceptors (Lipinski definition) is 2. The van der Waals surface area contributed by atoms with Crippen molar-refractivity contribution in [1.82, 2.24) is 4.90 Å². The van der Waals surface area contributed by atoms with E-state index in [0.717, 1.165) is 5.56 Å². The highest BCUT2D eigenvalue weighted by atomic mass is 19.3. The van der Waals surface area contributed by atoms with Crippen molar-refractivity contribution < 1.29 is 18.3 Å². The summed E-state index contributed by atoms with van der Waals surface area (Å²) in [7, 11) is 1.57. The molecule has 0 radical (unpaired) electrons. The molecule has 1 aliphatic rings. The molecular weight excluding hydrogens is 252 g/mol. The molecule has 1 amide bonds. The number of methoxy groups -OCH3 is 1. The van der Waals surface area contributed by atoms with Gasteiger partial charge in [0, 0.05) is 6.54 Å². The van der Waals surface area contributed by atoms with E-state index >= 15 is 0 Å². The maximum absolute atomic E-state index is 12.6. The number of rotatable bonds is 3. The zero-order chi connectivity index (χ0) is 14.0. The second-order valence-corrected chi connectivity index (χ2v) is 4.92. The predicted molar refractivity (Wildman–Crippen MR) is 67.2 cm³/mol. The quantitative estimate of drug-likeness (QED) is 0.844. The van der Waals surface area contributed by atoms with E-state index in [9.17, 15) is 13.6 Å². The van der Waals surface area contributed by atoms with Gasteiger partial charge in [-0.1, -0.05) is 19.1 Å². The molecule has 0 N–H and O–H groups in total. The molecule has 2 rings (SSSR count). The summed E-state index contributed by atoms with van der Waals surface area (Å²) in [5, 5.41) is 0. The third-order valence-electron chi connectivity index (χ3n) is 3.48. The van der Waals surface area contributed by atoms with Gasteiger partial charge < -0.3 is 9.64 Å². The van der Waals surface area contributed by atoms with E-state index in [1.807, 2.05) is 19.1 Å². The highest BCUT2D eigenvalue weighted by Crippen LogP contribution is 2.36. The molecule has 19 heavy (non-hydrogen) atoms. The zero-order valence-corrected chi connectivity index (χ0v) is 11.0. The van der Waals surface area contributed by atoms with Gasteiger partial charge in [0.25, 0.3) is 5.91 Å². The van der Waals surface area contributed by atoms with Gasteiger partial charge in [0.05, 0.1) is 13.2 Å². The van der Waals surface area contributed by atoms with Crippen LogP contribution in [0.25, 0.3) is 0 Å². The summed E-state index contributed by atoms with van der Waals surface area (Å²) >= 11 is 0. The number of carbonyl (C=O) groups excluding carboxylic acids is 1. The highest BCUT2D eigenvalue weighted by molar-refractivity contribution is 5.80. The number of likely N-dealkylation sites (tertiary alicyclic amines) is 1. The SMILES string of the molecule is COc1ccc([C@H]2C[C@H](C)CN2C(=O)C(F)F)cc1. The lowest BCUT2D eigenvalue weighted by molar-refractivity contribution is -0.143. The van der Waals surface area contributed by atoms with Gasteiger partial charge in [-0.25, -0.2) is 0 Å². The molecule has 1 aliphatic heterocycles. The summed E-state index contributed by atoms with van der Waals surface area (Å²) < 4.78 is 30.3. The molecule has 1 aromatic carbocycles. The van der Waals surface area contributed by atoms with Gasteiger partial charge >= 0.3 is 6.43 Å². The lowest BCUT2D eigenvalue weighted by Gasteiger charge is -2.24. The number of hydrogen-bond donors (Lipinski definition) is 0. The molecule has 2 atom stereocenters. The van der Waals surface area contributed by atoms with Crippen molar-refractivity contribution in [2.45, 2.75) is 25.8 Å². The molecule has 5 heteroatoms. The maximum atomic E-state index is 12.6. The van der Waals surface area contributed by atoms with Crippen LogP contribution in [0.2, 0.25) is 0 Å². The fourth-order valence-corrected chi connectivity index (χ4v) is 2.56. The van der Waals surface area contributed by atoms with Crippen LogP contribution in [0.5, 0.6) is 5.75 Å². The minimum atomic E-state index is -2.94. The first kappa shape index (κ1) is 13.8. The molecule has 0 unspecified atom stereocenters. The molecule has 0 bridgehead atoms. The van der Waals surface area contributed by atoms with E-state index < -0.39 is 12.3 Å². The van der Waals surface area contributed by atoms with Crippen molar-refractivity contribution in [2.24, 2.45) is 5.92 Å². The molecule has 0 spiro atoms. The number of benzene rings is 1. The molecule has 104 valence electrons. The topological polar surface area (TPSA) is 29.5 Å². The fraction of sp³-hybridized carbons (Fsp3) is 0.500. The fourth-order valence-electron chi connectivity index (χ4n) is 2.56. The highest BCUT2D eigenvalue weighted by Gasteiger charge is 2.37. The second kappa shape index (κ2) is 5.55. The normalized spacial score (nSPS) is 22.9. The van der Waals surface area contributed by atoms with Crippen molar-refractivity contribution in [3.63, 3.8) is 0 Å². The Morgan fingerprint density at radius 2 is 2.00 bits per heavy atom. The van der Waals surface area contributed by atoms with Crippen LogP contribution >= 0.6 is 0 Å². The Labute approximate surface area is 111 Å². The number of carbonyl (C=O) groups is 1. The molecule has 3 nitrogen and oxygen atoms in total. The van der Waals surface area contributed by atoms with E-state index in [-0.39, 0.29) is 12.0 Å². The van der Waals surface area contributed by atoms with Gasteiger partial charge in [-0.2, -0.15) is 8.78 Å². The monoisotopic (exact) mass is 269 g/mol. The molecule has 1 fully saturated rings. The van der Waals surface area contributed by atoms with Crippen molar-refractivity contribution in [1.29, 1.82) is 0 Å². The van der Waals surface area contributed by atoms with Crippen LogP contribution in [-0.2, 0) is 4.79 Å². The molecule has 0 saturated carbocycles.